The first-order valence-corrected chi connectivity index (χ1v) is 10.1. The molecule has 0 aliphatic carbocycles. The fourth-order valence-corrected chi connectivity index (χ4v) is 4.23. The molecule has 0 fully saturated rings. The maximum absolute atomic E-state index is 12.9. The summed E-state index contributed by atoms with van der Waals surface area (Å²) in [7, 11) is 1.84. The molecule has 8 nitrogen and oxygen atoms in total. The van der Waals surface area contributed by atoms with E-state index >= 15 is 0 Å². The van der Waals surface area contributed by atoms with Gasteiger partial charge in [0.25, 0.3) is 5.91 Å². The summed E-state index contributed by atoms with van der Waals surface area (Å²) in [6.07, 6.45) is 5.24. The van der Waals surface area contributed by atoms with Gasteiger partial charge in [-0.1, -0.05) is 0 Å². The van der Waals surface area contributed by atoms with Crippen LogP contribution in [0.25, 0.3) is 0 Å². The van der Waals surface area contributed by atoms with Gasteiger partial charge < -0.3 is 14.6 Å². The van der Waals surface area contributed by atoms with Crippen molar-refractivity contribution in [2.45, 2.75) is 37.1 Å². The summed E-state index contributed by atoms with van der Waals surface area (Å²) in [5, 5.41) is 6.79. The first kappa shape index (κ1) is 19.3. The molecule has 0 radical (unpaired) electrons. The predicted molar refractivity (Wildman–Crippen MR) is 109 cm³/mol. The van der Waals surface area contributed by atoms with Crippen LogP contribution in [0.4, 0.5) is 5.69 Å². The average Bonchev–Trinajstić information content (AvgIpc) is 3.31. The quantitative estimate of drug-likeness (QED) is 0.694. The molecule has 29 heavy (non-hydrogen) atoms. The molecular weight excluding hydrogens is 390 g/mol. The van der Waals surface area contributed by atoms with Crippen molar-refractivity contribution in [3.8, 4) is 0 Å². The van der Waals surface area contributed by atoms with Crippen LogP contribution in [-0.2, 0) is 24.9 Å². The number of aromatic nitrogens is 3. The Morgan fingerprint density at radius 1 is 1.34 bits per heavy atom. The second-order valence-corrected chi connectivity index (χ2v) is 8.32. The lowest BCUT2D eigenvalue weighted by atomic mass is 10.1. The third kappa shape index (κ3) is 4.04. The summed E-state index contributed by atoms with van der Waals surface area (Å²) in [4.78, 5) is 32.3. The summed E-state index contributed by atoms with van der Waals surface area (Å²) in [6.45, 7) is 4.30. The topological polar surface area (TPSA) is 93.3 Å². The lowest BCUT2D eigenvalue weighted by Crippen LogP contribution is -2.39. The first-order chi connectivity index (χ1) is 13.9. The van der Waals surface area contributed by atoms with E-state index in [-0.39, 0.29) is 23.6 Å². The van der Waals surface area contributed by atoms with E-state index in [9.17, 15) is 9.59 Å². The number of oxazole rings is 1. The van der Waals surface area contributed by atoms with Gasteiger partial charge in [-0.3, -0.25) is 14.3 Å². The van der Waals surface area contributed by atoms with Crippen LogP contribution in [0.15, 0.2) is 46.1 Å². The Morgan fingerprint density at radius 2 is 2.17 bits per heavy atom. The van der Waals surface area contributed by atoms with E-state index in [0.717, 1.165) is 16.1 Å². The number of nitrogens with one attached hydrogen (secondary N) is 1. The van der Waals surface area contributed by atoms with Gasteiger partial charge >= 0.3 is 0 Å². The molecule has 0 saturated carbocycles. The molecular formula is C20H21N5O3S. The Kier molecular flexibility index (Phi) is 5.14. The summed E-state index contributed by atoms with van der Waals surface area (Å²) in [5.41, 5.74) is 2.15. The van der Waals surface area contributed by atoms with Gasteiger partial charge in [-0.05, 0) is 32.0 Å². The van der Waals surface area contributed by atoms with Crippen LogP contribution < -0.4 is 10.2 Å². The Labute approximate surface area is 172 Å². The lowest BCUT2D eigenvalue weighted by Gasteiger charge is -2.32. The van der Waals surface area contributed by atoms with Crippen LogP contribution in [0.5, 0.6) is 0 Å². The van der Waals surface area contributed by atoms with Gasteiger partial charge in [-0.15, -0.1) is 11.8 Å². The molecule has 3 heterocycles. The number of aryl methyl sites for hydroxylation is 2. The predicted octanol–water partition coefficient (Wildman–Crippen LogP) is 2.67. The van der Waals surface area contributed by atoms with E-state index in [1.54, 1.807) is 41.0 Å². The zero-order valence-corrected chi connectivity index (χ0v) is 17.2. The number of nitrogens with zero attached hydrogens (tertiary/aromatic N) is 4. The fourth-order valence-electron chi connectivity index (χ4n) is 3.19. The van der Waals surface area contributed by atoms with E-state index in [4.69, 9.17) is 4.42 Å². The highest BCUT2D eigenvalue weighted by atomic mass is 32.2. The number of carbonyl (C=O) groups excluding carboxylic acids is 2. The highest BCUT2D eigenvalue weighted by Gasteiger charge is 2.31. The molecule has 0 saturated heterocycles. The van der Waals surface area contributed by atoms with Crippen molar-refractivity contribution in [1.29, 1.82) is 0 Å². The van der Waals surface area contributed by atoms with E-state index in [1.807, 2.05) is 26.2 Å². The molecule has 1 unspecified atom stereocenters. The normalized spacial score (nSPS) is 16.0. The second-order valence-electron chi connectivity index (χ2n) is 6.94. The maximum atomic E-state index is 12.9. The van der Waals surface area contributed by atoms with Crippen molar-refractivity contribution in [1.82, 2.24) is 20.1 Å². The van der Waals surface area contributed by atoms with E-state index in [1.165, 1.54) is 11.8 Å². The second kappa shape index (κ2) is 7.75. The minimum absolute atomic E-state index is 0.0131. The zero-order valence-electron chi connectivity index (χ0n) is 16.4. The van der Waals surface area contributed by atoms with Crippen LogP contribution in [0.2, 0.25) is 0 Å². The monoisotopic (exact) mass is 411 g/mol. The van der Waals surface area contributed by atoms with Gasteiger partial charge in [-0.25, -0.2) is 4.98 Å². The van der Waals surface area contributed by atoms with Gasteiger partial charge in [0, 0.05) is 29.3 Å². The van der Waals surface area contributed by atoms with Gasteiger partial charge in [0.05, 0.1) is 36.4 Å². The molecule has 1 aliphatic heterocycles. The van der Waals surface area contributed by atoms with Crippen molar-refractivity contribution in [2.24, 2.45) is 7.05 Å². The van der Waals surface area contributed by atoms with Crippen LogP contribution in [0, 0.1) is 6.92 Å². The Balaban J connectivity index is 1.57. The summed E-state index contributed by atoms with van der Waals surface area (Å²) in [5.74, 6) is 0.908. The maximum Gasteiger partial charge on any atom is 0.251 e. The zero-order chi connectivity index (χ0) is 20.5. The minimum Gasteiger partial charge on any atom is -0.444 e. The van der Waals surface area contributed by atoms with Gasteiger partial charge in [-0.2, -0.15) is 5.10 Å². The van der Waals surface area contributed by atoms with Crippen LogP contribution >= 0.6 is 11.8 Å². The molecule has 1 atom stereocenters. The van der Waals surface area contributed by atoms with Crippen molar-refractivity contribution in [3.63, 3.8) is 0 Å². The molecule has 9 heteroatoms. The number of carbonyl (C=O) groups is 2. The number of anilines is 1. The standard InChI is InChI=1S/C20H21N5O3S/c1-12-7-21-18(28-12)9-22-19(26)15-4-5-17-16(6-15)25(20(27)13(2)29-17)11-14-8-23-24(3)10-14/h4-8,10,13H,9,11H2,1-3H3,(H,22,26). The Hall–Kier alpha value is -3.07. The van der Waals surface area contributed by atoms with E-state index < -0.39 is 0 Å². The van der Waals surface area contributed by atoms with Gasteiger partial charge in [0.1, 0.15) is 5.76 Å². The summed E-state index contributed by atoms with van der Waals surface area (Å²) in [6, 6.07) is 5.43. The van der Waals surface area contributed by atoms with Crippen molar-refractivity contribution in [2.75, 3.05) is 4.90 Å². The molecule has 4 rings (SSSR count). The fraction of sp³-hybridized carbons (Fsp3) is 0.300. The first-order valence-electron chi connectivity index (χ1n) is 9.20. The number of benzene rings is 1. The largest absolute Gasteiger partial charge is 0.444 e. The molecule has 3 aromatic rings. The molecule has 2 aromatic heterocycles. The average molecular weight is 411 g/mol. The molecule has 150 valence electrons. The van der Waals surface area contributed by atoms with Crippen LogP contribution in [0.1, 0.15) is 34.5 Å². The van der Waals surface area contributed by atoms with Crippen molar-refractivity contribution < 1.29 is 14.0 Å². The molecule has 0 spiro atoms. The number of hydrogen-bond donors (Lipinski definition) is 1. The molecule has 1 aliphatic rings. The van der Waals surface area contributed by atoms with E-state index in [2.05, 4.69) is 15.4 Å². The Morgan fingerprint density at radius 3 is 2.86 bits per heavy atom. The summed E-state index contributed by atoms with van der Waals surface area (Å²) >= 11 is 1.50. The highest BCUT2D eigenvalue weighted by molar-refractivity contribution is 8.00. The lowest BCUT2D eigenvalue weighted by molar-refractivity contribution is -0.118. The number of fused-ring (bicyclic) bond motifs is 1. The third-order valence-electron chi connectivity index (χ3n) is 4.60. The van der Waals surface area contributed by atoms with Crippen LogP contribution in [0.3, 0.4) is 0 Å². The van der Waals surface area contributed by atoms with E-state index in [0.29, 0.717) is 23.8 Å². The minimum atomic E-state index is -0.249. The van der Waals surface area contributed by atoms with Crippen LogP contribution in [-0.4, -0.2) is 31.8 Å². The molecule has 1 aromatic carbocycles. The number of amides is 2. The van der Waals surface area contributed by atoms with Crippen molar-refractivity contribution >= 4 is 29.3 Å². The summed E-state index contributed by atoms with van der Waals surface area (Å²) < 4.78 is 7.09. The smallest absolute Gasteiger partial charge is 0.251 e. The highest BCUT2D eigenvalue weighted by Crippen LogP contribution is 2.40. The number of thioether (sulfide) groups is 1. The van der Waals surface area contributed by atoms with Gasteiger partial charge in [0.15, 0.2) is 0 Å². The molecule has 2 amide bonds. The number of rotatable bonds is 5. The Bertz CT molecular complexity index is 1070. The SMILES string of the molecule is Cc1cnc(CNC(=O)c2ccc3c(c2)N(Cc2cnn(C)c2)C(=O)C(C)S3)o1. The van der Waals surface area contributed by atoms with Gasteiger partial charge in [0.2, 0.25) is 11.8 Å². The molecule has 1 N–H and O–H groups in total. The van der Waals surface area contributed by atoms with Crippen molar-refractivity contribution in [3.05, 3.63) is 59.6 Å². The third-order valence-corrected chi connectivity index (χ3v) is 5.75. The number of hydrogen-bond acceptors (Lipinski definition) is 6. The molecule has 0 bridgehead atoms.